The van der Waals surface area contributed by atoms with E-state index in [-0.39, 0.29) is 0 Å². The minimum Gasteiger partial charge on any atom is -0.410 e. The van der Waals surface area contributed by atoms with Crippen molar-refractivity contribution >= 4 is 39.5 Å². The van der Waals surface area contributed by atoms with Gasteiger partial charge < -0.3 is 4.74 Å². The predicted molar refractivity (Wildman–Crippen MR) is 70.9 cm³/mol. The Labute approximate surface area is 107 Å². The number of hydrogen-bond acceptors (Lipinski definition) is 4. The molecule has 1 N–H and O–H groups in total. The van der Waals surface area contributed by atoms with Gasteiger partial charge in [-0.15, -0.1) is 6.58 Å². The monoisotopic (exact) mass is 275 g/mol. The van der Waals surface area contributed by atoms with Crippen LogP contribution in [0.4, 0.5) is 4.79 Å². The highest BCUT2D eigenvalue weighted by molar-refractivity contribution is 8.76. The molecule has 86 valence electrons. The molecule has 0 aliphatic rings. The molecule has 0 spiro atoms. The molecule has 0 radical (unpaired) electrons. The number of carbonyl (C=O) groups excluding carboxylic acids is 1. The normalized spacial score (nSPS) is 9.56. The molecule has 1 rings (SSSR count). The molecule has 0 aliphatic carbocycles. The van der Waals surface area contributed by atoms with Crippen molar-refractivity contribution in [3.63, 3.8) is 0 Å². The molecular formula is C10H10ClNO2S2. The van der Waals surface area contributed by atoms with E-state index in [2.05, 4.69) is 11.3 Å². The van der Waals surface area contributed by atoms with Crippen molar-refractivity contribution in [1.82, 2.24) is 4.72 Å². The second-order valence-electron chi connectivity index (χ2n) is 2.60. The van der Waals surface area contributed by atoms with E-state index in [1.807, 2.05) is 0 Å². The summed E-state index contributed by atoms with van der Waals surface area (Å²) in [6, 6.07) is 6.57. The minimum absolute atomic E-state index is 0.455. The molecular weight excluding hydrogens is 266 g/mol. The Hall–Kier alpha value is -0.780. The second kappa shape index (κ2) is 7.49. The molecule has 3 nitrogen and oxygen atoms in total. The highest BCUT2D eigenvalue weighted by Crippen LogP contribution is 2.18. The number of hydrogen-bond donors (Lipinski definition) is 1. The SMILES string of the molecule is C=CCSSNC(=O)Oc1ccc(Cl)cc1. The van der Waals surface area contributed by atoms with Crippen LogP contribution in [0.25, 0.3) is 0 Å². The van der Waals surface area contributed by atoms with Crippen LogP contribution >= 0.6 is 33.4 Å². The largest absolute Gasteiger partial charge is 0.423 e. The zero-order valence-corrected chi connectivity index (χ0v) is 10.7. The molecule has 0 aliphatic heterocycles. The second-order valence-corrected chi connectivity index (χ2v) is 5.19. The van der Waals surface area contributed by atoms with Crippen molar-refractivity contribution in [2.45, 2.75) is 0 Å². The van der Waals surface area contributed by atoms with Crippen LogP contribution in [0.2, 0.25) is 5.02 Å². The quantitative estimate of drug-likeness (QED) is 0.383. The number of benzene rings is 1. The standard InChI is InChI=1S/C10H10ClNO2S2/c1-2-7-15-16-12-10(13)14-9-5-3-8(11)4-6-9/h2-6H,1,7H2,(H,12,13). The molecule has 0 heterocycles. The van der Waals surface area contributed by atoms with Crippen molar-refractivity contribution in [2.24, 2.45) is 0 Å². The first-order chi connectivity index (χ1) is 7.72. The van der Waals surface area contributed by atoms with Gasteiger partial charge in [0.25, 0.3) is 0 Å². The van der Waals surface area contributed by atoms with Crippen LogP contribution in [0, 0.1) is 0 Å². The van der Waals surface area contributed by atoms with Gasteiger partial charge in [0.2, 0.25) is 0 Å². The minimum atomic E-state index is -0.510. The number of rotatable bonds is 5. The maximum absolute atomic E-state index is 11.2. The summed E-state index contributed by atoms with van der Waals surface area (Å²) in [4.78, 5) is 11.2. The summed E-state index contributed by atoms with van der Waals surface area (Å²) in [7, 11) is 2.66. The van der Waals surface area contributed by atoms with E-state index in [9.17, 15) is 4.79 Å². The molecule has 16 heavy (non-hydrogen) atoms. The Morgan fingerprint density at radius 1 is 1.50 bits per heavy atom. The van der Waals surface area contributed by atoms with Crippen molar-refractivity contribution in [2.75, 3.05) is 5.75 Å². The molecule has 1 aromatic carbocycles. The maximum Gasteiger partial charge on any atom is 0.423 e. The van der Waals surface area contributed by atoms with Crippen LogP contribution in [0.15, 0.2) is 36.9 Å². The molecule has 6 heteroatoms. The summed E-state index contributed by atoms with van der Waals surface area (Å²) in [5, 5.41) is 0.601. The van der Waals surface area contributed by atoms with Gasteiger partial charge in [0.15, 0.2) is 0 Å². The average molecular weight is 276 g/mol. The molecule has 0 bridgehead atoms. The highest BCUT2D eigenvalue weighted by atomic mass is 35.5. The Balaban J connectivity index is 2.28. The smallest absolute Gasteiger partial charge is 0.410 e. The predicted octanol–water partition coefficient (Wildman–Crippen LogP) is 3.91. The third kappa shape index (κ3) is 5.34. The van der Waals surface area contributed by atoms with Gasteiger partial charge in [-0.1, -0.05) is 28.5 Å². The lowest BCUT2D eigenvalue weighted by Crippen LogP contribution is -2.19. The lowest BCUT2D eigenvalue weighted by molar-refractivity contribution is 0.207. The van der Waals surface area contributed by atoms with E-state index < -0.39 is 6.09 Å². The number of nitrogens with one attached hydrogen (secondary N) is 1. The van der Waals surface area contributed by atoms with Gasteiger partial charge in [-0.2, -0.15) is 0 Å². The fraction of sp³-hybridized carbons (Fsp3) is 0.100. The molecule has 0 atom stereocenters. The molecule has 1 amide bonds. The Bertz CT molecular complexity index is 356. The van der Waals surface area contributed by atoms with Crippen LogP contribution in [0.5, 0.6) is 5.75 Å². The van der Waals surface area contributed by atoms with Gasteiger partial charge in [-0.25, -0.2) is 4.79 Å². The van der Waals surface area contributed by atoms with Gasteiger partial charge in [-0.3, -0.25) is 4.72 Å². The van der Waals surface area contributed by atoms with Crippen molar-refractivity contribution < 1.29 is 9.53 Å². The van der Waals surface area contributed by atoms with Crippen LogP contribution < -0.4 is 9.46 Å². The summed E-state index contributed by atoms with van der Waals surface area (Å²) in [6.07, 6.45) is 1.24. The lowest BCUT2D eigenvalue weighted by atomic mass is 10.3. The number of carbonyl (C=O) groups is 1. The van der Waals surface area contributed by atoms with Gasteiger partial charge >= 0.3 is 6.09 Å². The topological polar surface area (TPSA) is 38.3 Å². The van der Waals surface area contributed by atoms with Gasteiger partial charge in [0, 0.05) is 21.8 Å². The van der Waals surface area contributed by atoms with Gasteiger partial charge in [-0.05, 0) is 24.3 Å². The number of halogens is 1. The van der Waals surface area contributed by atoms with Gasteiger partial charge in [0.1, 0.15) is 5.75 Å². The van der Waals surface area contributed by atoms with Crippen LogP contribution in [-0.4, -0.2) is 11.8 Å². The highest BCUT2D eigenvalue weighted by Gasteiger charge is 2.03. The van der Waals surface area contributed by atoms with E-state index in [0.29, 0.717) is 10.8 Å². The van der Waals surface area contributed by atoms with E-state index in [4.69, 9.17) is 16.3 Å². The Kier molecular flexibility index (Phi) is 6.22. The van der Waals surface area contributed by atoms with Crippen molar-refractivity contribution in [1.29, 1.82) is 0 Å². The zero-order chi connectivity index (χ0) is 11.8. The van der Waals surface area contributed by atoms with Gasteiger partial charge in [0.05, 0.1) is 0 Å². The fourth-order valence-electron chi connectivity index (χ4n) is 0.776. The van der Waals surface area contributed by atoms with Crippen LogP contribution in [-0.2, 0) is 0 Å². The van der Waals surface area contributed by atoms with E-state index in [0.717, 1.165) is 5.75 Å². The lowest BCUT2D eigenvalue weighted by Gasteiger charge is -2.04. The summed E-state index contributed by atoms with van der Waals surface area (Å²) in [6.45, 7) is 3.56. The first-order valence-electron chi connectivity index (χ1n) is 4.35. The summed E-state index contributed by atoms with van der Waals surface area (Å²) in [5.41, 5.74) is 0. The molecule has 0 aromatic heterocycles. The third-order valence-corrected chi connectivity index (χ3v) is 3.40. The zero-order valence-electron chi connectivity index (χ0n) is 8.31. The number of ether oxygens (including phenoxy) is 1. The van der Waals surface area contributed by atoms with Crippen LogP contribution in [0.3, 0.4) is 0 Å². The average Bonchev–Trinajstić information content (AvgIpc) is 2.28. The Morgan fingerprint density at radius 3 is 2.81 bits per heavy atom. The maximum atomic E-state index is 11.2. The van der Waals surface area contributed by atoms with E-state index in [1.165, 1.54) is 21.8 Å². The van der Waals surface area contributed by atoms with Crippen LogP contribution in [0.1, 0.15) is 0 Å². The number of amides is 1. The molecule has 0 unspecified atom stereocenters. The first-order valence-corrected chi connectivity index (χ1v) is 7.05. The van der Waals surface area contributed by atoms with Crippen molar-refractivity contribution in [3.05, 3.63) is 41.9 Å². The summed E-state index contributed by atoms with van der Waals surface area (Å²) >= 11 is 5.69. The fourth-order valence-corrected chi connectivity index (χ4v) is 2.11. The molecule has 0 fully saturated rings. The molecule has 1 aromatic rings. The van der Waals surface area contributed by atoms with E-state index >= 15 is 0 Å². The first kappa shape index (κ1) is 13.3. The van der Waals surface area contributed by atoms with E-state index in [1.54, 1.807) is 30.3 Å². The molecule has 0 saturated carbocycles. The Morgan fingerprint density at radius 2 is 2.19 bits per heavy atom. The third-order valence-electron chi connectivity index (χ3n) is 1.39. The van der Waals surface area contributed by atoms with Crippen molar-refractivity contribution in [3.8, 4) is 5.75 Å². The molecule has 0 saturated heterocycles. The summed E-state index contributed by atoms with van der Waals surface area (Å²) in [5.74, 6) is 1.21. The summed E-state index contributed by atoms with van der Waals surface area (Å²) < 4.78 is 7.50.